The first-order valence-corrected chi connectivity index (χ1v) is 12.7. The number of anilines is 2. The van der Waals surface area contributed by atoms with Crippen LogP contribution in [0.25, 0.3) is 21.1 Å². The number of sulfone groups is 1. The SMILES string of the molecule is CC(C)(Oc1cc2ncnc(Nc3ccc4scnc4c3)c2cc1S(=O)(=O)C(C)(C)C)C(=O)O. The summed E-state index contributed by atoms with van der Waals surface area (Å²) < 4.78 is 32.5. The number of carboxylic acid groups (broad SMARTS) is 1. The third-order valence-corrected chi connectivity index (χ3v) is 8.59. The molecule has 11 heteroatoms. The first-order chi connectivity index (χ1) is 15.8. The molecule has 0 atom stereocenters. The lowest BCUT2D eigenvalue weighted by atomic mass is 10.1. The molecular weight excluding hydrogens is 476 g/mol. The summed E-state index contributed by atoms with van der Waals surface area (Å²) in [5, 5.41) is 13.2. The van der Waals surface area contributed by atoms with Gasteiger partial charge in [0, 0.05) is 17.1 Å². The van der Waals surface area contributed by atoms with Crippen molar-refractivity contribution in [1.82, 2.24) is 15.0 Å². The number of aromatic nitrogens is 3. The number of thiazole rings is 1. The Balaban J connectivity index is 1.90. The van der Waals surface area contributed by atoms with Gasteiger partial charge in [-0.1, -0.05) is 0 Å². The maximum Gasteiger partial charge on any atom is 0.347 e. The van der Waals surface area contributed by atoms with Crippen molar-refractivity contribution in [1.29, 1.82) is 0 Å². The van der Waals surface area contributed by atoms with E-state index in [1.54, 1.807) is 26.3 Å². The quantitative estimate of drug-likeness (QED) is 0.383. The van der Waals surface area contributed by atoms with Crippen molar-refractivity contribution < 1.29 is 23.1 Å². The monoisotopic (exact) mass is 500 g/mol. The molecule has 4 aromatic rings. The van der Waals surface area contributed by atoms with Gasteiger partial charge >= 0.3 is 5.97 Å². The number of benzene rings is 2. The smallest absolute Gasteiger partial charge is 0.347 e. The zero-order valence-electron chi connectivity index (χ0n) is 19.3. The van der Waals surface area contributed by atoms with E-state index < -0.39 is 26.2 Å². The van der Waals surface area contributed by atoms with E-state index in [-0.39, 0.29) is 10.6 Å². The van der Waals surface area contributed by atoms with Crippen LogP contribution in [0.15, 0.2) is 47.1 Å². The van der Waals surface area contributed by atoms with Gasteiger partial charge in [-0.3, -0.25) is 0 Å². The first kappa shape index (κ1) is 23.8. The lowest BCUT2D eigenvalue weighted by Gasteiger charge is -2.26. The number of ether oxygens (including phenoxy) is 1. The van der Waals surface area contributed by atoms with Gasteiger partial charge in [-0.25, -0.2) is 28.2 Å². The second-order valence-corrected chi connectivity index (χ2v) is 12.8. The molecule has 0 amide bonds. The predicted octanol–water partition coefficient (Wildman–Crippen LogP) is 4.80. The van der Waals surface area contributed by atoms with E-state index in [4.69, 9.17) is 4.74 Å². The third-order valence-electron chi connectivity index (χ3n) is 5.27. The molecule has 34 heavy (non-hydrogen) atoms. The highest BCUT2D eigenvalue weighted by molar-refractivity contribution is 7.92. The van der Waals surface area contributed by atoms with Crippen LogP contribution in [0.5, 0.6) is 5.75 Å². The Bertz CT molecular complexity index is 1520. The van der Waals surface area contributed by atoms with E-state index in [2.05, 4.69) is 20.3 Å². The Morgan fingerprint density at radius 1 is 1.03 bits per heavy atom. The highest BCUT2D eigenvalue weighted by Crippen LogP contribution is 2.38. The molecule has 0 bridgehead atoms. The van der Waals surface area contributed by atoms with E-state index in [1.165, 1.54) is 43.6 Å². The van der Waals surface area contributed by atoms with Crippen LogP contribution in [0, 0.1) is 0 Å². The number of nitrogens with one attached hydrogen (secondary N) is 1. The number of hydrogen-bond acceptors (Lipinski definition) is 9. The summed E-state index contributed by atoms with van der Waals surface area (Å²) in [5.41, 5.74) is 2.06. The van der Waals surface area contributed by atoms with Crippen molar-refractivity contribution in [2.45, 2.75) is 49.9 Å². The summed E-state index contributed by atoms with van der Waals surface area (Å²) >= 11 is 1.53. The molecule has 2 aromatic heterocycles. The van der Waals surface area contributed by atoms with Crippen molar-refractivity contribution in [2.24, 2.45) is 0 Å². The summed E-state index contributed by atoms with van der Waals surface area (Å²) in [6.45, 7) is 7.43. The number of carboxylic acids is 1. The minimum absolute atomic E-state index is 0.0802. The summed E-state index contributed by atoms with van der Waals surface area (Å²) in [5.74, 6) is -0.911. The van der Waals surface area contributed by atoms with Crippen molar-refractivity contribution in [2.75, 3.05) is 5.32 Å². The summed E-state index contributed by atoms with van der Waals surface area (Å²) in [6.07, 6.45) is 1.34. The average Bonchev–Trinajstić information content (AvgIpc) is 3.20. The van der Waals surface area contributed by atoms with Crippen LogP contribution in [0.2, 0.25) is 0 Å². The molecule has 0 aliphatic heterocycles. The van der Waals surface area contributed by atoms with Crippen LogP contribution < -0.4 is 10.1 Å². The number of rotatable bonds is 6. The predicted molar refractivity (Wildman–Crippen MR) is 132 cm³/mol. The summed E-state index contributed by atoms with van der Waals surface area (Å²) in [7, 11) is -3.92. The molecule has 0 aliphatic carbocycles. The zero-order chi connectivity index (χ0) is 24.9. The minimum Gasteiger partial charge on any atom is -0.478 e. The standard InChI is InChI=1S/C23H24N4O5S2/c1-22(2,3)34(30,31)19-9-14-15(10-17(19)32-23(4,5)21(28)29)24-11-25-20(14)27-13-6-7-18-16(8-13)26-12-33-18/h6-12H,1-5H3,(H,28,29)(H,24,25,27). The van der Waals surface area contributed by atoms with E-state index in [9.17, 15) is 18.3 Å². The summed E-state index contributed by atoms with van der Waals surface area (Å²) in [4.78, 5) is 24.4. The number of fused-ring (bicyclic) bond motifs is 2. The van der Waals surface area contributed by atoms with Crippen molar-refractivity contribution in [3.05, 3.63) is 42.2 Å². The fourth-order valence-corrected chi connectivity index (χ4v) is 5.13. The molecule has 2 aromatic carbocycles. The van der Waals surface area contributed by atoms with Gasteiger partial charge in [0.05, 0.1) is 26.0 Å². The Morgan fingerprint density at radius 3 is 2.44 bits per heavy atom. The average molecular weight is 501 g/mol. The van der Waals surface area contributed by atoms with Gasteiger partial charge in [-0.05, 0) is 58.9 Å². The molecule has 2 N–H and O–H groups in total. The molecule has 2 heterocycles. The molecule has 0 saturated heterocycles. The maximum atomic E-state index is 13.5. The van der Waals surface area contributed by atoms with E-state index in [1.807, 2.05) is 18.2 Å². The molecule has 0 radical (unpaired) electrons. The fourth-order valence-electron chi connectivity index (χ4n) is 3.17. The Morgan fingerprint density at radius 2 is 1.76 bits per heavy atom. The van der Waals surface area contributed by atoms with Gasteiger partial charge in [0.2, 0.25) is 0 Å². The second-order valence-electron chi connectivity index (χ2n) is 9.23. The van der Waals surface area contributed by atoms with E-state index >= 15 is 0 Å². The number of aliphatic carboxylic acids is 1. The van der Waals surface area contributed by atoms with Gasteiger partial charge in [0.1, 0.15) is 22.8 Å². The maximum absolute atomic E-state index is 13.5. The van der Waals surface area contributed by atoms with Crippen LogP contribution >= 0.6 is 11.3 Å². The minimum atomic E-state index is -3.92. The second kappa shape index (κ2) is 8.17. The normalized spacial score (nSPS) is 12.7. The van der Waals surface area contributed by atoms with Crippen LogP contribution in [0.3, 0.4) is 0 Å². The molecule has 0 unspecified atom stereocenters. The summed E-state index contributed by atoms with van der Waals surface area (Å²) in [6, 6.07) is 8.57. The highest BCUT2D eigenvalue weighted by atomic mass is 32.2. The Kier molecular flexibility index (Phi) is 5.73. The van der Waals surface area contributed by atoms with Gasteiger partial charge in [0.25, 0.3) is 0 Å². The van der Waals surface area contributed by atoms with Gasteiger partial charge in [-0.2, -0.15) is 0 Å². The first-order valence-electron chi connectivity index (χ1n) is 10.4. The number of nitrogens with zero attached hydrogens (tertiary/aromatic N) is 3. The molecule has 0 aliphatic rings. The molecule has 4 rings (SSSR count). The Labute approximate surface area is 200 Å². The van der Waals surface area contributed by atoms with Crippen LogP contribution in [0.1, 0.15) is 34.6 Å². The van der Waals surface area contributed by atoms with Gasteiger partial charge in [-0.15, -0.1) is 11.3 Å². The van der Waals surface area contributed by atoms with Crippen LogP contribution in [-0.4, -0.2) is 44.8 Å². The molecule has 0 saturated carbocycles. The Hall–Kier alpha value is -3.31. The number of hydrogen-bond donors (Lipinski definition) is 2. The molecule has 178 valence electrons. The fraction of sp³-hybridized carbons (Fsp3) is 0.304. The molecule has 0 fully saturated rings. The van der Waals surface area contributed by atoms with Crippen molar-refractivity contribution in [3.63, 3.8) is 0 Å². The largest absolute Gasteiger partial charge is 0.478 e. The molecule has 9 nitrogen and oxygen atoms in total. The topological polar surface area (TPSA) is 131 Å². The van der Waals surface area contributed by atoms with E-state index in [0.717, 1.165) is 15.9 Å². The number of carbonyl (C=O) groups is 1. The lowest BCUT2D eigenvalue weighted by molar-refractivity contribution is -0.152. The van der Waals surface area contributed by atoms with E-state index in [0.29, 0.717) is 16.7 Å². The molecule has 0 spiro atoms. The van der Waals surface area contributed by atoms with Crippen LogP contribution in [-0.2, 0) is 14.6 Å². The van der Waals surface area contributed by atoms with Gasteiger partial charge in [0.15, 0.2) is 15.4 Å². The van der Waals surface area contributed by atoms with Crippen molar-refractivity contribution >= 4 is 59.8 Å². The van der Waals surface area contributed by atoms with Crippen LogP contribution in [0.4, 0.5) is 11.5 Å². The van der Waals surface area contributed by atoms with Crippen molar-refractivity contribution in [3.8, 4) is 5.75 Å². The highest BCUT2D eigenvalue weighted by Gasteiger charge is 2.37. The zero-order valence-corrected chi connectivity index (χ0v) is 20.9. The molecular formula is C23H24N4O5S2. The lowest BCUT2D eigenvalue weighted by Crippen LogP contribution is -2.38. The third kappa shape index (κ3) is 4.28. The van der Waals surface area contributed by atoms with Gasteiger partial charge < -0.3 is 15.2 Å².